The fourth-order valence-corrected chi connectivity index (χ4v) is 6.00. The predicted molar refractivity (Wildman–Crippen MR) is 105 cm³/mol. The lowest BCUT2D eigenvalue weighted by atomic mass is 9.99. The molecule has 0 spiro atoms. The molecule has 0 radical (unpaired) electrons. The number of benzene rings is 1. The summed E-state index contributed by atoms with van der Waals surface area (Å²) in [7, 11) is 0. The van der Waals surface area contributed by atoms with E-state index in [-0.39, 0.29) is 28.9 Å². The molecule has 1 amide bonds. The van der Waals surface area contributed by atoms with E-state index in [9.17, 15) is 4.79 Å². The molecule has 1 aromatic heterocycles. The number of carbonyl (C=O) groups excluding carboxylic acids is 1. The van der Waals surface area contributed by atoms with E-state index in [1.807, 2.05) is 23.1 Å². The van der Waals surface area contributed by atoms with Crippen LogP contribution in [0.15, 0.2) is 24.3 Å². The first-order valence-electron chi connectivity index (χ1n) is 8.87. The first kappa shape index (κ1) is 17.4. The van der Waals surface area contributed by atoms with E-state index >= 15 is 0 Å². The Morgan fingerprint density at radius 1 is 1.36 bits per heavy atom. The standard InChI is InChI=1S/C18H23BrN4OS/c1-10(2)15-14(19)16(22-21-15)18(24)23-9-5-7-12(23)17-20-11-6-3-4-8-13(11)25-17/h3-4,6,8,10,12,14-16,21-22H,5,7,9H2,1-2H3. The van der Waals surface area contributed by atoms with Gasteiger partial charge in [0.15, 0.2) is 0 Å². The zero-order chi connectivity index (χ0) is 17.6. The highest BCUT2D eigenvalue weighted by atomic mass is 79.9. The first-order valence-corrected chi connectivity index (χ1v) is 10.6. The van der Waals surface area contributed by atoms with Crippen molar-refractivity contribution in [2.24, 2.45) is 5.92 Å². The van der Waals surface area contributed by atoms with Gasteiger partial charge < -0.3 is 4.90 Å². The van der Waals surface area contributed by atoms with E-state index in [0.717, 1.165) is 29.9 Å². The summed E-state index contributed by atoms with van der Waals surface area (Å²) < 4.78 is 1.19. The minimum Gasteiger partial charge on any atom is -0.332 e. The van der Waals surface area contributed by atoms with Crippen molar-refractivity contribution in [1.82, 2.24) is 20.7 Å². The fourth-order valence-electron chi connectivity index (χ4n) is 3.78. The first-order chi connectivity index (χ1) is 12.1. The van der Waals surface area contributed by atoms with Crippen LogP contribution in [0.5, 0.6) is 0 Å². The third kappa shape index (κ3) is 3.12. The van der Waals surface area contributed by atoms with Crippen molar-refractivity contribution in [3.63, 3.8) is 0 Å². The number of nitrogens with zero attached hydrogens (tertiary/aromatic N) is 2. The number of hydrogen-bond donors (Lipinski definition) is 2. The second kappa shape index (κ2) is 6.95. The van der Waals surface area contributed by atoms with Crippen LogP contribution in [-0.4, -0.2) is 39.2 Å². The molecule has 7 heteroatoms. The number of fused-ring (bicyclic) bond motifs is 1. The van der Waals surface area contributed by atoms with Crippen molar-refractivity contribution in [3.8, 4) is 0 Å². The van der Waals surface area contributed by atoms with Gasteiger partial charge in [0, 0.05) is 12.6 Å². The number of thiazole rings is 1. The van der Waals surface area contributed by atoms with Crippen LogP contribution in [0.3, 0.4) is 0 Å². The van der Waals surface area contributed by atoms with Crippen LogP contribution >= 0.6 is 27.3 Å². The van der Waals surface area contributed by atoms with Gasteiger partial charge in [-0.15, -0.1) is 11.3 Å². The number of carbonyl (C=O) groups is 1. The molecular formula is C18H23BrN4OS. The van der Waals surface area contributed by atoms with Gasteiger partial charge in [-0.05, 0) is 30.9 Å². The summed E-state index contributed by atoms with van der Waals surface area (Å²) >= 11 is 5.45. The number of nitrogens with one attached hydrogen (secondary N) is 2. The lowest BCUT2D eigenvalue weighted by molar-refractivity contribution is -0.134. The van der Waals surface area contributed by atoms with Crippen molar-refractivity contribution in [1.29, 1.82) is 0 Å². The fraction of sp³-hybridized carbons (Fsp3) is 0.556. The maximum absolute atomic E-state index is 13.2. The Bertz CT molecular complexity index is 746. The van der Waals surface area contributed by atoms with E-state index < -0.39 is 0 Å². The summed E-state index contributed by atoms with van der Waals surface area (Å²) in [5.41, 5.74) is 7.52. The number of para-hydroxylation sites is 1. The Labute approximate surface area is 160 Å². The molecule has 2 aromatic rings. The molecule has 1 aromatic carbocycles. The highest BCUT2D eigenvalue weighted by molar-refractivity contribution is 9.09. The smallest absolute Gasteiger partial charge is 0.242 e. The number of amides is 1. The molecule has 2 aliphatic rings. The molecular weight excluding hydrogens is 400 g/mol. The topological polar surface area (TPSA) is 57.3 Å². The number of aromatic nitrogens is 1. The monoisotopic (exact) mass is 422 g/mol. The number of likely N-dealkylation sites (tertiary alicyclic amines) is 1. The Morgan fingerprint density at radius 3 is 2.88 bits per heavy atom. The van der Waals surface area contributed by atoms with Crippen molar-refractivity contribution in [2.75, 3.05) is 6.54 Å². The van der Waals surface area contributed by atoms with Gasteiger partial charge >= 0.3 is 0 Å². The van der Waals surface area contributed by atoms with Crippen LogP contribution in [0.25, 0.3) is 10.2 Å². The maximum atomic E-state index is 13.2. The molecule has 2 fully saturated rings. The van der Waals surface area contributed by atoms with Gasteiger partial charge in [-0.3, -0.25) is 10.2 Å². The molecule has 3 heterocycles. The quantitative estimate of drug-likeness (QED) is 0.745. The van der Waals surface area contributed by atoms with Crippen LogP contribution in [0.4, 0.5) is 0 Å². The molecule has 0 aliphatic carbocycles. The lowest BCUT2D eigenvalue weighted by Gasteiger charge is -2.27. The molecule has 25 heavy (non-hydrogen) atoms. The highest BCUT2D eigenvalue weighted by Crippen LogP contribution is 2.37. The van der Waals surface area contributed by atoms with Gasteiger partial charge in [0.25, 0.3) is 0 Å². The SMILES string of the molecule is CC(C)C1NNC(C(=O)N2CCCC2c2nc3ccccc3s2)C1Br. The van der Waals surface area contributed by atoms with Gasteiger partial charge in [-0.1, -0.05) is 41.9 Å². The van der Waals surface area contributed by atoms with E-state index in [0.29, 0.717) is 5.92 Å². The molecule has 2 saturated heterocycles. The van der Waals surface area contributed by atoms with Crippen molar-refractivity contribution in [2.45, 2.75) is 49.6 Å². The maximum Gasteiger partial charge on any atom is 0.242 e. The summed E-state index contributed by atoms with van der Waals surface area (Å²) in [5.74, 6) is 0.618. The van der Waals surface area contributed by atoms with Gasteiger partial charge in [0.2, 0.25) is 5.91 Å². The van der Waals surface area contributed by atoms with Crippen molar-refractivity contribution >= 4 is 43.4 Å². The van der Waals surface area contributed by atoms with Crippen LogP contribution < -0.4 is 10.9 Å². The predicted octanol–water partition coefficient (Wildman–Crippen LogP) is 3.22. The number of rotatable bonds is 3. The zero-order valence-corrected chi connectivity index (χ0v) is 16.8. The molecule has 134 valence electrons. The average Bonchev–Trinajstić information content (AvgIpc) is 3.31. The largest absolute Gasteiger partial charge is 0.332 e. The van der Waals surface area contributed by atoms with Crippen molar-refractivity contribution < 1.29 is 4.79 Å². The number of halogens is 1. The summed E-state index contributed by atoms with van der Waals surface area (Å²) in [6.07, 6.45) is 2.03. The molecule has 0 bridgehead atoms. The Kier molecular flexibility index (Phi) is 4.83. The summed E-state index contributed by atoms with van der Waals surface area (Å²) in [4.78, 5) is 20.1. The van der Waals surface area contributed by atoms with E-state index in [4.69, 9.17) is 4.98 Å². The Morgan fingerprint density at radius 2 is 2.16 bits per heavy atom. The zero-order valence-electron chi connectivity index (χ0n) is 14.4. The van der Waals surface area contributed by atoms with E-state index in [2.05, 4.69) is 46.7 Å². The number of alkyl halides is 1. The minimum atomic E-state index is -0.234. The molecule has 2 aliphatic heterocycles. The highest BCUT2D eigenvalue weighted by Gasteiger charge is 2.44. The third-order valence-corrected chi connectivity index (χ3v) is 7.42. The van der Waals surface area contributed by atoms with Crippen LogP contribution in [-0.2, 0) is 4.79 Å². The van der Waals surface area contributed by atoms with Crippen LogP contribution in [0.1, 0.15) is 37.7 Å². The molecule has 0 saturated carbocycles. The molecule has 5 nitrogen and oxygen atoms in total. The average molecular weight is 423 g/mol. The third-order valence-electron chi connectivity index (χ3n) is 5.18. The molecule has 4 unspecified atom stereocenters. The number of hydrogen-bond acceptors (Lipinski definition) is 5. The number of hydrazine groups is 1. The van der Waals surface area contributed by atoms with Crippen LogP contribution in [0.2, 0.25) is 0 Å². The van der Waals surface area contributed by atoms with Gasteiger partial charge in [-0.2, -0.15) is 0 Å². The van der Waals surface area contributed by atoms with Crippen LogP contribution in [0, 0.1) is 5.92 Å². The van der Waals surface area contributed by atoms with Gasteiger partial charge in [0.05, 0.1) is 21.1 Å². The van der Waals surface area contributed by atoms with Gasteiger partial charge in [-0.25, -0.2) is 10.4 Å². The lowest BCUT2D eigenvalue weighted by Crippen LogP contribution is -2.47. The Hall–Kier alpha value is -1.02. The summed E-state index contributed by atoms with van der Waals surface area (Å²) in [6.45, 7) is 5.14. The van der Waals surface area contributed by atoms with E-state index in [1.54, 1.807) is 11.3 Å². The molecule has 4 rings (SSSR count). The van der Waals surface area contributed by atoms with Gasteiger partial charge in [0.1, 0.15) is 11.0 Å². The summed E-state index contributed by atoms with van der Waals surface area (Å²) in [5, 5.41) is 1.06. The van der Waals surface area contributed by atoms with Crippen molar-refractivity contribution in [3.05, 3.63) is 29.3 Å². The van der Waals surface area contributed by atoms with E-state index in [1.165, 1.54) is 4.70 Å². The molecule has 4 atom stereocenters. The molecule has 2 N–H and O–H groups in total. The second-order valence-electron chi connectivity index (χ2n) is 7.19. The Balaban J connectivity index is 1.56. The second-order valence-corrected chi connectivity index (χ2v) is 9.31. The normalized spacial score (nSPS) is 29.8. The minimum absolute atomic E-state index is 0.0941. The summed E-state index contributed by atoms with van der Waals surface area (Å²) in [6, 6.07) is 8.31.